The van der Waals surface area contributed by atoms with E-state index in [1.165, 1.54) is 43.3 Å². The van der Waals surface area contributed by atoms with Gasteiger partial charge in [0, 0.05) is 28.2 Å². The molecule has 0 bridgehead atoms. The molecule has 1 N–H and O–H groups in total. The molecule has 0 aliphatic heterocycles. The van der Waals surface area contributed by atoms with Crippen molar-refractivity contribution in [1.82, 2.24) is 10.2 Å². The lowest BCUT2D eigenvalue weighted by Gasteiger charge is -2.32. The summed E-state index contributed by atoms with van der Waals surface area (Å²) in [5.41, 5.74) is 0.284. The van der Waals surface area contributed by atoms with E-state index in [2.05, 4.69) is 5.32 Å². The van der Waals surface area contributed by atoms with Gasteiger partial charge in [-0.3, -0.25) is 13.9 Å². The third-order valence-electron chi connectivity index (χ3n) is 5.28. The zero-order valence-corrected chi connectivity index (χ0v) is 21.7. The van der Waals surface area contributed by atoms with E-state index in [-0.39, 0.29) is 33.9 Å². The number of anilines is 1. The van der Waals surface area contributed by atoms with Crippen molar-refractivity contribution in [1.29, 1.82) is 0 Å². The van der Waals surface area contributed by atoms with Crippen molar-refractivity contribution in [3.8, 4) is 0 Å². The topological polar surface area (TPSA) is 86.8 Å². The lowest BCUT2D eigenvalue weighted by molar-refractivity contribution is -0.139. The zero-order valence-electron chi connectivity index (χ0n) is 19.4. The third-order valence-corrected chi connectivity index (χ3v) is 6.86. The molecule has 2 aromatic rings. The highest BCUT2D eigenvalue weighted by Gasteiger charge is 2.31. The Morgan fingerprint density at radius 2 is 1.68 bits per heavy atom. The number of benzene rings is 2. The van der Waals surface area contributed by atoms with Crippen LogP contribution < -0.4 is 9.62 Å². The fraction of sp³-hybridized carbons (Fsp3) is 0.391. The summed E-state index contributed by atoms with van der Waals surface area (Å²) in [6.07, 6.45) is 1.62. The van der Waals surface area contributed by atoms with Crippen molar-refractivity contribution in [2.75, 3.05) is 17.1 Å². The molecule has 7 nitrogen and oxygen atoms in total. The molecule has 0 fully saturated rings. The first-order chi connectivity index (χ1) is 15.8. The molecule has 2 atom stereocenters. The van der Waals surface area contributed by atoms with Gasteiger partial charge in [-0.05, 0) is 44.5 Å². The Kier molecular flexibility index (Phi) is 9.73. The molecular formula is C23H28Cl2FN3O4S. The van der Waals surface area contributed by atoms with Crippen LogP contribution in [0.25, 0.3) is 0 Å². The van der Waals surface area contributed by atoms with Gasteiger partial charge in [0.05, 0.1) is 11.9 Å². The van der Waals surface area contributed by atoms with Crippen molar-refractivity contribution < 1.29 is 22.4 Å². The largest absolute Gasteiger partial charge is 0.352 e. The summed E-state index contributed by atoms with van der Waals surface area (Å²) < 4.78 is 40.3. The summed E-state index contributed by atoms with van der Waals surface area (Å²) in [4.78, 5) is 27.4. The van der Waals surface area contributed by atoms with Gasteiger partial charge in [0.1, 0.15) is 18.4 Å². The Bertz CT molecular complexity index is 1130. The summed E-state index contributed by atoms with van der Waals surface area (Å²) in [5.74, 6) is -1.68. The summed E-state index contributed by atoms with van der Waals surface area (Å²) in [6.45, 7) is 4.37. The van der Waals surface area contributed by atoms with E-state index < -0.39 is 40.2 Å². The van der Waals surface area contributed by atoms with Crippen LogP contribution in [0.2, 0.25) is 10.0 Å². The first-order valence-electron chi connectivity index (χ1n) is 10.6. The second kappa shape index (κ2) is 11.9. The lowest BCUT2D eigenvalue weighted by Crippen LogP contribution is -2.52. The number of carbonyl (C=O) groups excluding carboxylic acids is 2. The molecule has 0 saturated carbocycles. The third kappa shape index (κ3) is 7.58. The monoisotopic (exact) mass is 531 g/mol. The van der Waals surface area contributed by atoms with E-state index in [0.29, 0.717) is 6.42 Å². The maximum Gasteiger partial charge on any atom is 0.244 e. The molecule has 2 amide bonds. The summed E-state index contributed by atoms with van der Waals surface area (Å²) in [5, 5.41) is 3.18. The zero-order chi connectivity index (χ0) is 25.6. The quantitative estimate of drug-likeness (QED) is 0.496. The first kappa shape index (κ1) is 27.9. The lowest BCUT2D eigenvalue weighted by atomic mass is 10.1. The van der Waals surface area contributed by atoms with Crippen molar-refractivity contribution >= 4 is 50.7 Å². The SMILES string of the molecule is CC[C@H](C)NC(=O)[C@H](C)N(Cc1ccccc1F)C(=O)CN(c1cc(Cl)cc(Cl)c1)S(C)(=O)=O. The van der Waals surface area contributed by atoms with Gasteiger partial charge in [0.25, 0.3) is 0 Å². The van der Waals surface area contributed by atoms with E-state index in [9.17, 15) is 22.4 Å². The molecule has 34 heavy (non-hydrogen) atoms. The van der Waals surface area contributed by atoms with Crippen LogP contribution in [-0.2, 0) is 26.2 Å². The summed E-state index contributed by atoms with van der Waals surface area (Å²) >= 11 is 12.1. The highest BCUT2D eigenvalue weighted by molar-refractivity contribution is 7.92. The number of halogens is 3. The predicted molar refractivity (Wildman–Crippen MR) is 133 cm³/mol. The molecule has 11 heteroatoms. The molecule has 0 heterocycles. The van der Waals surface area contributed by atoms with Gasteiger partial charge in [-0.2, -0.15) is 0 Å². The minimum absolute atomic E-state index is 0.0934. The van der Waals surface area contributed by atoms with Crippen molar-refractivity contribution in [3.63, 3.8) is 0 Å². The number of hydrogen-bond acceptors (Lipinski definition) is 4. The Balaban J connectivity index is 2.43. The molecule has 0 aliphatic rings. The van der Waals surface area contributed by atoms with Crippen LogP contribution in [0.15, 0.2) is 42.5 Å². The summed E-state index contributed by atoms with van der Waals surface area (Å²) in [6, 6.07) is 8.90. The standard InChI is InChI=1S/C23H28Cl2FN3O4S/c1-5-15(2)27-23(31)16(3)28(13-17-8-6-7-9-21(17)26)22(30)14-29(34(4,32)33)20-11-18(24)10-19(25)12-20/h6-12,15-16H,5,13-14H2,1-4H3,(H,27,31)/t15-,16-/m0/s1. The van der Waals surface area contributed by atoms with Gasteiger partial charge in [0.15, 0.2) is 0 Å². The molecule has 0 aromatic heterocycles. The maximum atomic E-state index is 14.4. The highest BCUT2D eigenvalue weighted by Crippen LogP contribution is 2.27. The number of carbonyl (C=O) groups is 2. The number of nitrogens with zero attached hydrogens (tertiary/aromatic N) is 2. The smallest absolute Gasteiger partial charge is 0.244 e. The van der Waals surface area contributed by atoms with Gasteiger partial charge in [0.2, 0.25) is 21.8 Å². The molecule has 0 unspecified atom stereocenters. The van der Waals surface area contributed by atoms with Crippen LogP contribution in [-0.4, -0.2) is 50.0 Å². The Morgan fingerprint density at radius 1 is 1.09 bits per heavy atom. The minimum Gasteiger partial charge on any atom is -0.352 e. The fourth-order valence-corrected chi connectivity index (χ4v) is 4.50. The number of amides is 2. The van der Waals surface area contributed by atoms with Crippen molar-refractivity contribution in [3.05, 3.63) is 63.9 Å². The van der Waals surface area contributed by atoms with Crippen LogP contribution in [0.5, 0.6) is 0 Å². The average molecular weight is 532 g/mol. The number of rotatable bonds is 10. The Morgan fingerprint density at radius 3 is 2.21 bits per heavy atom. The fourth-order valence-electron chi connectivity index (χ4n) is 3.16. The molecule has 0 saturated heterocycles. The molecular weight excluding hydrogens is 504 g/mol. The van der Waals surface area contributed by atoms with Crippen LogP contribution in [0.1, 0.15) is 32.8 Å². The van der Waals surface area contributed by atoms with E-state index >= 15 is 0 Å². The number of sulfonamides is 1. The second-order valence-corrected chi connectivity index (χ2v) is 10.8. The van der Waals surface area contributed by atoms with Gasteiger partial charge in [-0.15, -0.1) is 0 Å². The van der Waals surface area contributed by atoms with Crippen LogP contribution in [0.4, 0.5) is 10.1 Å². The van der Waals surface area contributed by atoms with Gasteiger partial charge in [-0.1, -0.05) is 48.3 Å². The minimum atomic E-state index is -3.94. The van der Waals surface area contributed by atoms with Crippen molar-refractivity contribution in [2.24, 2.45) is 0 Å². The van der Waals surface area contributed by atoms with E-state index in [4.69, 9.17) is 23.2 Å². The molecule has 2 aromatic carbocycles. The van der Waals surface area contributed by atoms with Gasteiger partial charge < -0.3 is 10.2 Å². The maximum absolute atomic E-state index is 14.4. The summed E-state index contributed by atoms with van der Waals surface area (Å²) in [7, 11) is -3.94. The predicted octanol–water partition coefficient (Wildman–Crippen LogP) is 4.23. The molecule has 0 spiro atoms. The first-order valence-corrected chi connectivity index (χ1v) is 13.2. The Hall–Kier alpha value is -2.36. The molecule has 0 radical (unpaired) electrons. The van der Waals surface area contributed by atoms with E-state index in [1.807, 2.05) is 13.8 Å². The van der Waals surface area contributed by atoms with E-state index in [0.717, 1.165) is 15.5 Å². The molecule has 2 rings (SSSR count). The van der Waals surface area contributed by atoms with Crippen LogP contribution in [0, 0.1) is 5.82 Å². The van der Waals surface area contributed by atoms with E-state index in [1.54, 1.807) is 6.07 Å². The normalized spacial score (nSPS) is 13.1. The number of hydrogen-bond donors (Lipinski definition) is 1. The number of nitrogens with one attached hydrogen (secondary N) is 1. The molecule has 0 aliphatic carbocycles. The highest BCUT2D eigenvalue weighted by atomic mass is 35.5. The van der Waals surface area contributed by atoms with Crippen molar-refractivity contribution in [2.45, 2.75) is 45.8 Å². The van der Waals surface area contributed by atoms with Gasteiger partial charge >= 0.3 is 0 Å². The van der Waals surface area contributed by atoms with Crippen LogP contribution in [0.3, 0.4) is 0 Å². The van der Waals surface area contributed by atoms with Gasteiger partial charge in [-0.25, -0.2) is 12.8 Å². The van der Waals surface area contributed by atoms with Crippen LogP contribution >= 0.6 is 23.2 Å². The second-order valence-electron chi connectivity index (χ2n) is 8.00. The molecule has 186 valence electrons. The average Bonchev–Trinajstić information content (AvgIpc) is 2.74. The Labute approximate surface area is 209 Å².